The molecule has 1 N–H and O–H groups in total. The van der Waals surface area contributed by atoms with Gasteiger partial charge in [0.05, 0.1) is 13.2 Å². The summed E-state index contributed by atoms with van der Waals surface area (Å²) in [5, 5.41) is 15.1. The number of morpholine rings is 1. The number of hydrogen-bond donors (Lipinski definition) is 1. The van der Waals surface area contributed by atoms with Crippen LogP contribution in [0.5, 0.6) is 0 Å². The first kappa shape index (κ1) is 18.0. The highest BCUT2D eigenvalue weighted by Gasteiger charge is 2.45. The molecule has 29 heavy (non-hydrogen) atoms. The third kappa shape index (κ3) is 3.32. The molecular weight excluding hydrogens is 370 g/mol. The van der Waals surface area contributed by atoms with E-state index in [-0.39, 0.29) is 12.5 Å². The normalized spacial score (nSPS) is 20.4. The fourth-order valence-corrected chi connectivity index (χ4v) is 4.09. The molecule has 1 unspecified atom stereocenters. The summed E-state index contributed by atoms with van der Waals surface area (Å²) in [4.78, 5) is 19.2. The second-order valence-corrected chi connectivity index (χ2v) is 7.59. The lowest BCUT2D eigenvalue weighted by Crippen LogP contribution is -2.53. The van der Waals surface area contributed by atoms with Crippen molar-refractivity contribution in [1.82, 2.24) is 15.0 Å². The van der Waals surface area contributed by atoms with Crippen LogP contribution >= 0.6 is 0 Å². The molecule has 0 spiro atoms. The first-order chi connectivity index (χ1) is 14.1. The van der Waals surface area contributed by atoms with Crippen LogP contribution in [0, 0.1) is 0 Å². The zero-order valence-corrected chi connectivity index (χ0v) is 15.8. The van der Waals surface area contributed by atoms with E-state index in [1.165, 1.54) is 0 Å². The molecular formula is C22H21N3O4. The predicted octanol–water partition coefficient (Wildman–Crippen LogP) is 2.17. The molecule has 0 bridgehead atoms. The van der Waals surface area contributed by atoms with Crippen LogP contribution in [0.4, 0.5) is 0 Å². The van der Waals surface area contributed by atoms with Crippen LogP contribution in [0.1, 0.15) is 23.1 Å². The molecule has 5 rings (SSSR count). The highest BCUT2D eigenvalue weighted by atomic mass is 16.5. The third-order valence-corrected chi connectivity index (χ3v) is 5.59. The molecule has 2 aromatic carbocycles. The number of ether oxygens (including phenoxy) is 1. The molecule has 1 atom stereocenters. The van der Waals surface area contributed by atoms with Crippen molar-refractivity contribution in [1.29, 1.82) is 0 Å². The summed E-state index contributed by atoms with van der Waals surface area (Å²) in [6, 6.07) is 17.3. The lowest BCUT2D eigenvalue weighted by atomic mass is 9.98. The van der Waals surface area contributed by atoms with Crippen LogP contribution in [-0.2, 0) is 22.4 Å². The van der Waals surface area contributed by atoms with Crippen molar-refractivity contribution in [2.45, 2.75) is 24.5 Å². The minimum absolute atomic E-state index is 0.270. The molecule has 1 saturated heterocycles. The van der Waals surface area contributed by atoms with Crippen LogP contribution in [0.2, 0.25) is 0 Å². The second-order valence-electron chi connectivity index (χ2n) is 7.59. The number of nitrogens with zero attached hydrogens (tertiary/aromatic N) is 3. The second kappa shape index (κ2) is 7.09. The summed E-state index contributed by atoms with van der Waals surface area (Å²) in [7, 11) is 0. The summed E-state index contributed by atoms with van der Waals surface area (Å²) in [5.74, 6) is 0.550. The Morgan fingerprint density at radius 3 is 2.48 bits per heavy atom. The van der Waals surface area contributed by atoms with Gasteiger partial charge < -0.3 is 19.3 Å². The number of aliphatic hydroxyl groups is 1. The summed E-state index contributed by atoms with van der Waals surface area (Å²) in [6.45, 7) is 1.07. The summed E-state index contributed by atoms with van der Waals surface area (Å²) >= 11 is 0. The average Bonchev–Trinajstić information content (AvgIpc) is 3.39. The summed E-state index contributed by atoms with van der Waals surface area (Å²) < 4.78 is 11.2. The molecule has 1 aromatic heterocycles. The van der Waals surface area contributed by atoms with Crippen molar-refractivity contribution in [3.63, 3.8) is 0 Å². The van der Waals surface area contributed by atoms with Gasteiger partial charge in [-0.15, -0.1) is 0 Å². The van der Waals surface area contributed by atoms with E-state index < -0.39 is 11.7 Å². The Kier molecular flexibility index (Phi) is 4.41. The smallest absolute Gasteiger partial charge is 0.258 e. The van der Waals surface area contributed by atoms with Crippen LogP contribution < -0.4 is 0 Å². The zero-order valence-electron chi connectivity index (χ0n) is 15.8. The van der Waals surface area contributed by atoms with Gasteiger partial charge in [-0.05, 0) is 23.3 Å². The number of amides is 1. The van der Waals surface area contributed by atoms with E-state index in [9.17, 15) is 9.90 Å². The van der Waals surface area contributed by atoms with E-state index in [0.29, 0.717) is 37.7 Å². The number of aromatic nitrogens is 2. The van der Waals surface area contributed by atoms with Crippen LogP contribution in [-0.4, -0.2) is 51.4 Å². The van der Waals surface area contributed by atoms with E-state index >= 15 is 0 Å². The zero-order chi connectivity index (χ0) is 19.8. The molecule has 1 fully saturated rings. The van der Waals surface area contributed by atoms with Crippen molar-refractivity contribution < 1.29 is 19.2 Å². The molecule has 0 radical (unpaired) electrons. The first-order valence-corrected chi connectivity index (χ1v) is 9.71. The van der Waals surface area contributed by atoms with Gasteiger partial charge in [-0.2, -0.15) is 4.98 Å². The summed E-state index contributed by atoms with van der Waals surface area (Å²) in [5.41, 5.74) is 1.48. The van der Waals surface area contributed by atoms with E-state index in [4.69, 9.17) is 9.26 Å². The number of carbonyl (C=O) groups is 1. The topological polar surface area (TPSA) is 88.7 Å². The molecule has 3 aromatic rings. The Morgan fingerprint density at radius 2 is 1.76 bits per heavy atom. The third-order valence-electron chi connectivity index (χ3n) is 5.59. The quantitative estimate of drug-likeness (QED) is 0.736. The maximum Gasteiger partial charge on any atom is 0.258 e. The Balaban J connectivity index is 1.31. The number of fused-ring (bicyclic) bond motifs is 1. The van der Waals surface area contributed by atoms with Crippen molar-refractivity contribution in [2.75, 3.05) is 19.7 Å². The van der Waals surface area contributed by atoms with Crippen molar-refractivity contribution >= 4 is 5.91 Å². The lowest BCUT2D eigenvalue weighted by molar-refractivity contribution is -0.158. The van der Waals surface area contributed by atoms with Gasteiger partial charge in [0.1, 0.15) is 6.10 Å². The molecule has 7 heteroatoms. The highest BCUT2D eigenvalue weighted by molar-refractivity contribution is 5.87. The Bertz CT molecular complexity index is 1010. The molecule has 148 valence electrons. The Morgan fingerprint density at radius 1 is 1.07 bits per heavy atom. The minimum atomic E-state index is -1.40. The molecule has 1 aliphatic carbocycles. The van der Waals surface area contributed by atoms with Gasteiger partial charge in [0.25, 0.3) is 11.8 Å². The molecule has 1 aliphatic heterocycles. The van der Waals surface area contributed by atoms with Crippen LogP contribution in [0.15, 0.2) is 59.1 Å². The first-order valence-electron chi connectivity index (χ1n) is 9.71. The van der Waals surface area contributed by atoms with Gasteiger partial charge >= 0.3 is 0 Å². The summed E-state index contributed by atoms with van der Waals surface area (Å²) in [6.07, 6.45) is 0.190. The predicted molar refractivity (Wildman–Crippen MR) is 104 cm³/mol. The largest absolute Gasteiger partial charge is 0.379 e. The molecule has 1 amide bonds. The average molecular weight is 391 g/mol. The molecule has 2 heterocycles. The lowest BCUT2D eigenvalue weighted by Gasteiger charge is -2.35. The van der Waals surface area contributed by atoms with Crippen molar-refractivity contribution in [2.24, 2.45) is 0 Å². The van der Waals surface area contributed by atoms with E-state index in [1.807, 2.05) is 54.6 Å². The van der Waals surface area contributed by atoms with Crippen molar-refractivity contribution in [3.05, 3.63) is 71.5 Å². The molecule has 0 saturated carbocycles. The number of benzene rings is 2. The fraction of sp³-hybridized carbons (Fsp3) is 0.318. The maximum absolute atomic E-state index is 13.2. The van der Waals surface area contributed by atoms with Crippen molar-refractivity contribution in [3.8, 4) is 11.5 Å². The van der Waals surface area contributed by atoms with Crippen LogP contribution in [0.3, 0.4) is 0 Å². The highest BCUT2D eigenvalue weighted by Crippen LogP contribution is 2.33. The van der Waals surface area contributed by atoms with E-state index in [0.717, 1.165) is 16.7 Å². The Labute approximate surface area is 167 Å². The van der Waals surface area contributed by atoms with Crippen LogP contribution in [0.25, 0.3) is 11.5 Å². The fourth-order valence-electron chi connectivity index (χ4n) is 4.09. The van der Waals surface area contributed by atoms with Gasteiger partial charge in [-0.1, -0.05) is 47.6 Å². The number of carbonyl (C=O) groups excluding carboxylic acids is 1. The van der Waals surface area contributed by atoms with Gasteiger partial charge in [-0.25, -0.2) is 0 Å². The minimum Gasteiger partial charge on any atom is -0.379 e. The van der Waals surface area contributed by atoms with Gasteiger partial charge in [0.15, 0.2) is 5.60 Å². The van der Waals surface area contributed by atoms with E-state index in [2.05, 4.69) is 10.1 Å². The van der Waals surface area contributed by atoms with Gasteiger partial charge in [-0.3, -0.25) is 4.79 Å². The van der Waals surface area contributed by atoms with Gasteiger partial charge in [0.2, 0.25) is 5.82 Å². The molecule has 7 nitrogen and oxygen atoms in total. The maximum atomic E-state index is 13.2. The van der Waals surface area contributed by atoms with E-state index in [1.54, 1.807) is 4.90 Å². The van der Waals surface area contributed by atoms with Gasteiger partial charge in [0, 0.05) is 24.9 Å². The Hall–Kier alpha value is -3.03. The molecule has 2 aliphatic rings. The number of rotatable bonds is 3. The monoisotopic (exact) mass is 391 g/mol. The SMILES string of the molecule is O=C(N1CCOC(c2noc(-c3ccccc3)n2)C1)C1(O)Cc2ccccc2C1. The standard InChI is InChI=1S/C22H21N3O4/c26-21(22(27)12-16-8-4-5-9-17(16)13-22)25-10-11-28-18(14-25)19-23-20(29-24-19)15-6-2-1-3-7-15/h1-9,18,27H,10-14H2. The number of hydrogen-bond acceptors (Lipinski definition) is 6.